The number of hydrogen-bond acceptors (Lipinski definition) is 4. The first-order valence-corrected chi connectivity index (χ1v) is 7.93. The Morgan fingerprint density at radius 3 is 2.58 bits per heavy atom. The van der Waals surface area contributed by atoms with E-state index >= 15 is 0 Å². The Hall–Kier alpha value is -2.60. The number of fused-ring (bicyclic) bond motifs is 1. The number of hydrogen-bond donors (Lipinski definition) is 3. The van der Waals surface area contributed by atoms with Crippen molar-refractivity contribution in [3.05, 3.63) is 59.5 Å². The number of furan rings is 1. The van der Waals surface area contributed by atoms with Crippen molar-refractivity contribution in [3.63, 3.8) is 0 Å². The first-order valence-electron chi connectivity index (χ1n) is 7.93. The van der Waals surface area contributed by atoms with Gasteiger partial charge in [0.15, 0.2) is 0 Å². The Bertz CT molecular complexity index is 726. The van der Waals surface area contributed by atoms with E-state index in [2.05, 4.69) is 16.7 Å². The quantitative estimate of drug-likeness (QED) is 0.728. The number of amides is 2. The maximum Gasteiger partial charge on any atom is 0.309 e. The Morgan fingerprint density at radius 1 is 1.08 bits per heavy atom. The maximum atomic E-state index is 11.9. The minimum absolute atomic E-state index is 0.0499. The fourth-order valence-corrected chi connectivity index (χ4v) is 2.92. The van der Waals surface area contributed by atoms with E-state index in [0.717, 1.165) is 12.0 Å². The van der Waals surface area contributed by atoms with Crippen molar-refractivity contribution in [2.24, 2.45) is 0 Å². The van der Waals surface area contributed by atoms with Gasteiger partial charge in [-0.25, -0.2) is 0 Å². The SMILES string of the molecule is O=C(NCc1ccco1)C(=O)NCC1(O)CCc2ccccc2C1. The lowest BCUT2D eigenvalue weighted by atomic mass is 9.80. The van der Waals surface area contributed by atoms with E-state index in [1.807, 2.05) is 18.2 Å². The molecule has 3 N–H and O–H groups in total. The van der Waals surface area contributed by atoms with Gasteiger partial charge in [-0.3, -0.25) is 9.59 Å². The van der Waals surface area contributed by atoms with Crippen LogP contribution in [0.5, 0.6) is 0 Å². The van der Waals surface area contributed by atoms with Crippen molar-refractivity contribution in [1.82, 2.24) is 10.6 Å². The number of benzene rings is 1. The van der Waals surface area contributed by atoms with Crippen molar-refractivity contribution in [2.45, 2.75) is 31.4 Å². The van der Waals surface area contributed by atoms with Crippen LogP contribution < -0.4 is 10.6 Å². The molecular weight excluding hydrogens is 308 g/mol. The predicted octanol–water partition coefficient (Wildman–Crippen LogP) is 0.932. The third-order valence-corrected chi connectivity index (χ3v) is 4.29. The molecule has 1 unspecified atom stereocenters. The molecule has 126 valence electrons. The van der Waals surface area contributed by atoms with Gasteiger partial charge in [-0.1, -0.05) is 24.3 Å². The van der Waals surface area contributed by atoms with E-state index in [4.69, 9.17) is 4.42 Å². The molecule has 3 rings (SSSR count). The molecule has 0 saturated carbocycles. The van der Waals surface area contributed by atoms with Gasteiger partial charge in [0.1, 0.15) is 5.76 Å². The third kappa shape index (κ3) is 3.83. The normalized spacial score (nSPS) is 19.4. The Kier molecular flexibility index (Phi) is 4.66. The summed E-state index contributed by atoms with van der Waals surface area (Å²) >= 11 is 0. The van der Waals surface area contributed by atoms with Crippen LogP contribution >= 0.6 is 0 Å². The molecule has 0 bridgehead atoms. The van der Waals surface area contributed by atoms with Gasteiger partial charge in [0, 0.05) is 13.0 Å². The summed E-state index contributed by atoms with van der Waals surface area (Å²) in [7, 11) is 0. The Balaban J connectivity index is 1.49. The first kappa shape index (κ1) is 16.3. The van der Waals surface area contributed by atoms with Crippen LogP contribution in [-0.4, -0.2) is 29.1 Å². The van der Waals surface area contributed by atoms with Crippen molar-refractivity contribution in [3.8, 4) is 0 Å². The van der Waals surface area contributed by atoms with Crippen LogP contribution in [-0.2, 0) is 29.0 Å². The first-order chi connectivity index (χ1) is 11.6. The van der Waals surface area contributed by atoms with Crippen LogP contribution in [0, 0.1) is 0 Å². The molecule has 0 saturated heterocycles. The standard InChI is InChI=1S/C18H20N2O4/c21-16(19-11-15-6-3-9-24-15)17(22)20-12-18(23)8-7-13-4-1-2-5-14(13)10-18/h1-6,9,23H,7-8,10-12H2,(H,19,21)(H,20,22). The van der Waals surface area contributed by atoms with Gasteiger partial charge in [0.25, 0.3) is 0 Å². The highest BCUT2D eigenvalue weighted by Gasteiger charge is 2.32. The van der Waals surface area contributed by atoms with Crippen LogP contribution in [0.2, 0.25) is 0 Å². The Labute approximate surface area is 139 Å². The molecule has 1 heterocycles. The highest BCUT2D eigenvalue weighted by Crippen LogP contribution is 2.28. The van der Waals surface area contributed by atoms with Gasteiger partial charge in [0.2, 0.25) is 0 Å². The van der Waals surface area contributed by atoms with E-state index in [1.165, 1.54) is 11.8 Å². The number of carbonyl (C=O) groups is 2. The van der Waals surface area contributed by atoms with E-state index in [9.17, 15) is 14.7 Å². The largest absolute Gasteiger partial charge is 0.467 e. The van der Waals surface area contributed by atoms with Crippen molar-refractivity contribution < 1.29 is 19.1 Å². The summed E-state index contributed by atoms with van der Waals surface area (Å²) in [6.45, 7) is 0.200. The second-order valence-electron chi connectivity index (χ2n) is 6.11. The summed E-state index contributed by atoms with van der Waals surface area (Å²) in [6, 6.07) is 11.4. The number of carbonyl (C=O) groups excluding carboxylic acids is 2. The number of aryl methyl sites for hydroxylation is 1. The van der Waals surface area contributed by atoms with E-state index in [-0.39, 0.29) is 13.1 Å². The molecule has 6 heteroatoms. The van der Waals surface area contributed by atoms with Crippen LogP contribution in [0.4, 0.5) is 0 Å². The molecule has 1 aliphatic rings. The molecule has 2 amide bonds. The molecule has 0 fully saturated rings. The highest BCUT2D eigenvalue weighted by atomic mass is 16.3. The summed E-state index contributed by atoms with van der Waals surface area (Å²) in [5.74, 6) is -0.932. The highest BCUT2D eigenvalue weighted by molar-refractivity contribution is 6.35. The zero-order chi connectivity index (χ0) is 17.0. The molecule has 2 aromatic rings. The average Bonchev–Trinajstić information content (AvgIpc) is 3.11. The van der Waals surface area contributed by atoms with Crippen molar-refractivity contribution >= 4 is 11.8 Å². The van der Waals surface area contributed by atoms with Gasteiger partial charge in [-0.15, -0.1) is 0 Å². The minimum atomic E-state index is -1.02. The van der Waals surface area contributed by atoms with Gasteiger partial charge >= 0.3 is 11.8 Å². The lowest BCUT2D eigenvalue weighted by Gasteiger charge is -2.33. The molecular formula is C18H20N2O4. The molecule has 1 aliphatic carbocycles. The summed E-state index contributed by atoms with van der Waals surface area (Å²) in [4.78, 5) is 23.6. The topological polar surface area (TPSA) is 91.6 Å². The lowest BCUT2D eigenvalue weighted by molar-refractivity contribution is -0.140. The predicted molar refractivity (Wildman–Crippen MR) is 87.0 cm³/mol. The molecule has 0 spiro atoms. The maximum absolute atomic E-state index is 11.9. The van der Waals surface area contributed by atoms with Crippen LogP contribution in [0.15, 0.2) is 47.1 Å². The molecule has 1 aromatic carbocycles. The molecule has 1 atom stereocenters. The summed E-state index contributed by atoms with van der Waals surface area (Å²) in [5, 5.41) is 15.7. The van der Waals surface area contributed by atoms with Crippen LogP contribution in [0.25, 0.3) is 0 Å². The van der Waals surface area contributed by atoms with Crippen molar-refractivity contribution in [1.29, 1.82) is 0 Å². The van der Waals surface area contributed by atoms with E-state index < -0.39 is 17.4 Å². The zero-order valence-corrected chi connectivity index (χ0v) is 13.2. The summed E-state index contributed by atoms with van der Waals surface area (Å²) in [6.07, 6.45) is 3.28. The molecule has 1 aromatic heterocycles. The third-order valence-electron chi connectivity index (χ3n) is 4.29. The smallest absolute Gasteiger partial charge is 0.309 e. The zero-order valence-electron chi connectivity index (χ0n) is 13.2. The second kappa shape index (κ2) is 6.88. The average molecular weight is 328 g/mol. The van der Waals surface area contributed by atoms with Gasteiger partial charge in [-0.2, -0.15) is 0 Å². The monoisotopic (exact) mass is 328 g/mol. The molecule has 0 aliphatic heterocycles. The van der Waals surface area contributed by atoms with Crippen LogP contribution in [0.1, 0.15) is 23.3 Å². The number of rotatable bonds is 4. The van der Waals surface area contributed by atoms with E-state index in [0.29, 0.717) is 18.6 Å². The van der Waals surface area contributed by atoms with Crippen LogP contribution in [0.3, 0.4) is 0 Å². The second-order valence-corrected chi connectivity index (χ2v) is 6.11. The molecule has 24 heavy (non-hydrogen) atoms. The number of nitrogens with one attached hydrogen (secondary N) is 2. The summed E-state index contributed by atoms with van der Waals surface area (Å²) in [5.41, 5.74) is 1.29. The molecule has 0 radical (unpaired) electrons. The summed E-state index contributed by atoms with van der Waals surface area (Å²) < 4.78 is 5.08. The Morgan fingerprint density at radius 2 is 1.83 bits per heavy atom. The molecule has 6 nitrogen and oxygen atoms in total. The lowest BCUT2D eigenvalue weighted by Crippen LogP contribution is -2.50. The van der Waals surface area contributed by atoms with E-state index in [1.54, 1.807) is 12.1 Å². The minimum Gasteiger partial charge on any atom is -0.467 e. The van der Waals surface area contributed by atoms with Gasteiger partial charge < -0.3 is 20.2 Å². The number of aliphatic hydroxyl groups is 1. The fourth-order valence-electron chi connectivity index (χ4n) is 2.92. The van der Waals surface area contributed by atoms with Crippen molar-refractivity contribution in [2.75, 3.05) is 6.54 Å². The fraction of sp³-hybridized carbons (Fsp3) is 0.333. The van der Waals surface area contributed by atoms with Gasteiger partial charge in [0.05, 0.1) is 18.4 Å². The van der Waals surface area contributed by atoms with Gasteiger partial charge in [-0.05, 0) is 36.1 Å².